The Bertz CT molecular complexity index is 1200. The van der Waals surface area contributed by atoms with Gasteiger partial charge < -0.3 is 24.8 Å². The molecule has 1 heterocycles. The van der Waals surface area contributed by atoms with Crippen LogP contribution in [0.4, 0.5) is 22.0 Å². The summed E-state index contributed by atoms with van der Waals surface area (Å²) in [5.74, 6) is -3.64. The number of hydrogen-bond donors (Lipinski definition) is 2. The molecule has 3 atom stereocenters. The van der Waals surface area contributed by atoms with Crippen molar-refractivity contribution in [1.82, 2.24) is 10.2 Å². The van der Waals surface area contributed by atoms with E-state index in [2.05, 4.69) is 29.4 Å². The van der Waals surface area contributed by atoms with Gasteiger partial charge in [0.05, 0.1) is 14.2 Å². The number of amides is 1. The lowest BCUT2D eigenvalue weighted by molar-refractivity contribution is -0.192. The number of nitrogens with one attached hydrogen (secondary N) is 1. The first-order chi connectivity index (χ1) is 18.8. The van der Waals surface area contributed by atoms with E-state index in [0.717, 1.165) is 38.1 Å². The van der Waals surface area contributed by atoms with E-state index >= 15 is 0 Å². The molecule has 4 rings (SSSR count). The summed E-state index contributed by atoms with van der Waals surface area (Å²) in [7, 11) is 5.43. The van der Waals surface area contributed by atoms with Crippen molar-refractivity contribution in [2.24, 2.45) is 5.92 Å². The highest BCUT2D eigenvalue weighted by Crippen LogP contribution is 2.49. The first kappa shape index (κ1) is 31.5. The van der Waals surface area contributed by atoms with E-state index in [9.17, 15) is 26.7 Å². The second-order valence-corrected chi connectivity index (χ2v) is 10.8. The Labute approximate surface area is 233 Å². The molecule has 2 aromatic rings. The van der Waals surface area contributed by atoms with Crippen molar-refractivity contribution in [3.05, 3.63) is 53.6 Å². The largest absolute Gasteiger partial charge is 0.493 e. The summed E-state index contributed by atoms with van der Waals surface area (Å²) in [6, 6.07) is 12.7. The van der Waals surface area contributed by atoms with Crippen LogP contribution in [0.25, 0.3) is 0 Å². The Morgan fingerprint density at radius 1 is 1.12 bits per heavy atom. The fourth-order valence-corrected chi connectivity index (χ4v) is 6.09. The fourth-order valence-electron chi connectivity index (χ4n) is 5.53. The third-order valence-electron chi connectivity index (χ3n) is 7.23. The summed E-state index contributed by atoms with van der Waals surface area (Å²) < 4.78 is 68.1. The van der Waals surface area contributed by atoms with Crippen molar-refractivity contribution in [2.75, 3.05) is 34.4 Å². The topological polar surface area (TPSA) is 88.1 Å². The molecule has 3 unspecified atom stereocenters. The number of nitrogens with zero attached hydrogens (tertiary/aromatic N) is 1. The first-order valence-corrected chi connectivity index (χ1v) is 13.2. The molecule has 0 spiro atoms. The van der Waals surface area contributed by atoms with Gasteiger partial charge in [-0.1, -0.05) is 23.9 Å². The summed E-state index contributed by atoms with van der Waals surface area (Å²) in [5, 5.41) is 10.3. The fraction of sp³-hybridized carbons (Fsp3) is 0.481. The zero-order valence-electron chi connectivity index (χ0n) is 22.1. The van der Waals surface area contributed by atoms with Crippen LogP contribution >= 0.6 is 11.8 Å². The predicted molar refractivity (Wildman–Crippen MR) is 139 cm³/mol. The predicted octanol–water partition coefficient (Wildman–Crippen LogP) is 5.43. The summed E-state index contributed by atoms with van der Waals surface area (Å²) in [5.41, 5.74) is 1.67. The third kappa shape index (κ3) is 7.57. The number of rotatable bonds is 7. The van der Waals surface area contributed by atoms with Gasteiger partial charge in [0.2, 0.25) is 0 Å². The molecule has 0 radical (unpaired) electrons. The van der Waals surface area contributed by atoms with E-state index in [1.807, 2.05) is 6.07 Å². The lowest BCUT2D eigenvalue weighted by Gasteiger charge is -2.43. The number of ether oxygens (including phenoxy) is 2. The van der Waals surface area contributed by atoms with Crippen molar-refractivity contribution in [2.45, 2.75) is 47.5 Å². The molecule has 2 aromatic carbocycles. The van der Waals surface area contributed by atoms with E-state index in [4.69, 9.17) is 19.4 Å². The quantitative estimate of drug-likeness (QED) is 0.328. The second-order valence-electron chi connectivity index (χ2n) is 9.77. The minimum absolute atomic E-state index is 0.00332. The number of hydrogen-bond acceptors (Lipinski definition) is 6. The number of alkyl halides is 5. The molecule has 2 aliphatic rings. The zero-order chi connectivity index (χ0) is 29.7. The molecule has 1 aliphatic carbocycles. The van der Waals surface area contributed by atoms with Gasteiger partial charge in [-0.15, -0.1) is 0 Å². The van der Waals surface area contributed by atoms with Crippen LogP contribution in [0.1, 0.15) is 35.2 Å². The lowest BCUT2D eigenvalue weighted by Crippen LogP contribution is -2.47. The van der Waals surface area contributed by atoms with Gasteiger partial charge in [0.15, 0.2) is 11.5 Å². The number of aliphatic carboxylic acids is 1. The van der Waals surface area contributed by atoms with Crippen molar-refractivity contribution in [3.8, 4) is 11.5 Å². The summed E-state index contributed by atoms with van der Waals surface area (Å²) in [6.45, 7) is 1.92. The lowest BCUT2D eigenvalue weighted by atomic mass is 9.63. The van der Waals surface area contributed by atoms with Gasteiger partial charge >= 0.3 is 12.1 Å². The maximum atomic E-state index is 12.9. The van der Waals surface area contributed by atoms with E-state index < -0.39 is 17.9 Å². The van der Waals surface area contributed by atoms with Gasteiger partial charge in [-0.2, -0.15) is 22.0 Å². The molecule has 40 heavy (non-hydrogen) atoms. The summed E-state index contributed by atoms with van der Waals surface area (Å²) in [4.78, 5) is 24.5. The number of benzene rings is 2. The summed E-state index contributed by atoms with van der Waals surface area (Å²) in [6.07, 6.45) is -2.41. The third-order valence-corrected chi connectivity index (χ3v) is 7.94. The van der Waals surface area contributed by atoms with Crippen LogP contribution in [0.2, 0.25) is 0 Å². The number of likely N-dealkylation sites (tertiary alicyclic amines) is 1. The first-order valence-electron chi connectivity index (χ1n) is 12.4. The number of fused-ring (bicyclic) bond motifs is 1. The molecule has 220 valence electrons. The van der Waals surface area contributed by atoms with Crippen LogP contribution in [-0.4, -0.2) is 74.2 Å². The Hall–Kier alpha value is -3.06. The van der Waals surface area contributed by atoms with Gasteiger partial charge in [-0.25, -0.2) is 4.79 Å². The maximum absolute atomic E-state index is 12.9. The second kappa shape index (κ2) is 13.1. The van der Waals surface area contributed by atoms with Crippen LogP contribution in [0, 0.1) is 5.92 Å². The van der Waals surface area contributed by atoms with E-state index in [-0.39, 0.29) is 17.4 Å². The molecular formula is C27H31F5N2O5S. The highest BCUT2D eigenvalue weighted by molar-refractivity contribution is 7.99. The Kier molecular flexibility index (Phi) is 10.3. The molecule has 7 nitrogen and oxygen atoms in total. The number of carboxylic acid groups (broad SMARTS) is 1. The standard InChI is InChI=1S/C25H30F2N2O3S.C2HF3O2/c1-29-14-18-12-19(28-23(30)16-5-4-6-20(11-16)33-24(26)27)9-10-25(18,15-29)17-7-8-21(31-2)22(13-17)32-3;3-2(4,5)1(6)7/h4-8,11,13,18-19,24H,9-10,12,14-15H2,1-3H3,(H,28,30);(H,6,7). The number of methoxy groups -OCH3 is 2. The number of thioether (sulfide) groups is 1. The molecule has 1 amide bonds. The molecule has 0 bridgehead atoms. The van der Waals surface area contributed by atoms with E-state index in [1.165, 1.54) is 11.6 Å². The average molecular weight is 591 g/mol. The van der Waals surface area contributed by atoms with Crippen LogP contribution in [0.3, 0.4) is 0 Å². The van der Waals surface area contributed by atoms with Crippen molar-refractivity contribution in [1.29, 1.82) is 0 Å². The van der Waals surface area contributed by atoms with Gasteiger partial charge in [-0.3, -0.25) is 4.79 Å². The normalized spacial score (nSPS) is 22.6. The van der Waals surface area contributed by atoms with Gasteiger partial charge in [0, 0.05) is 35.0 Å². The molecule has 2 N–H and O–H groups in total. The number of carbonyl (C=O) groups is 2. The van der Waals surface area contributed by atoms with E-state index in [1.54, 1.807) is 32.4 Å². The Morgan fingerprint density at radius 2 is 1.80 bits per heavy atom. The smallest absolute Gasteiger partial charge is 0.490 e. The number of carboxylic acids is 1. The van der Waals surface area contributed by atoms with Crippen LogP contribution < -0.4 is 14.8 Å². The number of carbonyl (C=O) groups excluding carboxylic acids is 1. The number of halogens is 5. The van der Waals surface area contributed by atoms with E-state index in [0.29, 0.717) is 33.9 Å². The van der Waals surface area contributed by atoms with Gasteiger partial charge in [0.1, 0.15) is 0 Å². The van der Waals surface area contributed by atoms with Crippen LogP contribution in [0.15, 0.2) is 47.4 Å². The molecule has 1 saturated heterocycles. The Balaban J connectivity index is 0.000000559. The minimum atomic E-state index is -5.08. The molecule has 1 aliphatic heterocycles. The molecule has 2 fully saturated rings. The monoisotopic (exact) mass is 590 g/mol. The van der Waals surface area contributed by atoms with Crippen LogP contribution in [0.5, 0.6) is 11.5 Å². The average Bonchev–Trinajstić information content (AvgIpc) is 3.24. The molecule has 13 heteroatoms. The molecular weight excluding hydrogens is 559 g/mol. The molecule has 1 saturated carbocycles. The van der Waals surface area contributed by atoms with Gasteiger partial charge in [-0.05, 0) is 68.1 Å². The SMILES string of the molecule is COc1ccc(C23CCC(NC(=O)c4cccc(SC(F)F)c4)CC2CN(C)C3)cc1OC.O=C(O)C(F)(F)F. The minimum Gasteiger partial charge on any atom is -0.493 e. The summed E-state index contributed by atoms with van der Waals surface area (Å²) >= 11 is 0.453. The number of likely N-dealkylation sites (N-methyl/N-ethyl adjacent to an activating group) is 1. The van der Waals surface area contributed by atoms with Gasteiger partial charge in [0.25, 0.3) is 11.7 Å². The van der Waals surface area contributed by atoms with Crippen LogP contribution in [-0.2, 0) is 10.2 Å². The maximum Gasteiger partial charge on any atom is 0.490 e. The zero-order valence-corrected chi connectivity index (χ0v) is 23.0. The van der Waals surface area contributed by atoms with Crippen molar-refractivity contribution < 1.29 is 46.1 Å². The highest BCUT2D eigenvalue weighted by atomic mass is 32.2. The van der Waals surface area contributed by atoms with Crippen molar-refractivity contribution >= 4 is 23.6 Å². The highest BCUT2D eigenvalue weighted by Gasteiger charge is 2.50. The molecule has 0 aromatic heterocycles. The van der Waals surface area contributed by atoms with Crippen molar-refractivity contribution in [3.63, 3.8) is 0 Å². The Morgan fingerprint density at radius 3 is 2.40 bits per heavy atom.